The first-order valence-corrected chi connectivity index (χ1v) is 9.20. The predicted octanol–water partition coefficient (Wildman–Crippen LogP) is 2.72. The Bertz CT molecular complexity index is 583. The molecule has 5 nitrogen and oxygen atoms in total. The van der Waals surface area contributed by atoms with Crippen LogP contribution in [0.3, 0.4) is 0 Å². The van der Waals surface area contributed by atoms with E-state index in [-0.39, 0.29) is 18.4 Å². The number of unbranched alkanes of at least 4 members (excludes halogenated alkanes) is 1. The largest absolute Gasteiger partial charge is 0.459 e. The highest BCUT2D eigenvalue weighted by atomic mass is 16.7. The zero-order valence-corrected chi connectivity index (χ0v) is 14.5. The van der Waals surface area contributed by atoms with Crippen LogP contribution in [0.5, 0.6) is 0 Å². The van der Waals surface area contributed by atoms with Gasteiger partial charge in [0.05, 0.1) is 6.61 Å². The van der Waals surface area contributed by atoms with E-state index in [1.165, 1.54) is 12.8 Å². The van der Waals surface area contributed by atoms with Crippen molar-refractivity contribution in [3.05, 3.63) is 47.7 Å². The van der Waals surface area contributed by atoms with Crippen LogP contribution in [0.1, 0.15) is 43.6 Å². The summed E-state index contributed by atoms with van der Waals surface area (Å²) in [6.07, 6.45) is 6.04. The fourth-order valence-electron chi connectivity index (χ4n) is 2.93. The molecule has 5 heteroatoms. The molecule has 0 radical (unpaired) electrons. The van der Waals surface area contributed by atoms with Crippen LogP contribution in [0.15, 0.2) is 42.2 Å². The smallest absolute Gasteiger partial charge is 0.286 e. The van der Waals surface area contributed by atoms with Crippen molar-refractivity contribution >= 4 is 5.91 Å². The number of allylic oxidation sites excluding steroid dienone is 1. The Labute approximate surface area is 149 Å². The normalized spacial score (nSPS) is 22.8. The zero-order valence-electron chi connectivity index (χ0n) is 14.5. The molecule has 3 rings (SSSR count). The van der Waals surface area contributed by atoms with Gasteiger partial charge in [-0.2, -0.15) is 0 Å². The number of carbonyl (C=O) groups is 1. The van der Waals surface area contributed by atoms with E-state index in [1.54, 1.807) is 0 Å². The summed E-state index contributed by atoms with van der Waals surface area (Å²) in [5, 5.41) is 11.8. The molecule has 0 bridgehead atoms. The van der Waals surface area contributed by atoms with E-state index >= 15 is 0 Å². The molecular weight excluding hydrogens is 318 g/mol. The Balaban J connectivity index is 1.64. The van der Waals surface area contributed by atoms with Crippen LogP contribution in [0.4, 0.5) is 0 Å². The van der Waals surface area contributed by atoms with Crippen LogP contribution in [0, 0.1) is 5.92 Å². The molecule has 25 heavy (non-hydrogen) atoms. The van der Waals surface area contributed by atoms with Crippen LogP contribution < -0.4 is 5.32 Å². The van der Waals surface area contributed by atoms with E-state index in [0.29, 0.717) is 31.1 Å². The molecule has 2 atom stereocenters. The molecule has 1 heterocycles. The second-order valence-corrected chi connectivity index (χ2v) is 6.79. The maximum atomic E-state index is 12.4. The van der Waals surface area contributed by atoms with Crippen molar-refractivity contribution in [2.24, 2.45) is 5.92 Å². The maximum Gasteiger partial charge on any atom is 0.286 e. The second kappa shape index (κ2) is 9.02. The van der Waals surface area contributed by atoms with Crippen molar-refractivity contribution < 1.29 is 19.4 Å². The summed E-state index contributed by atoms with van der Waals surface area (Å²) in [4.78, 5) is 12.4. The fourth-order valence-corrected chi connectivity index (χ4v) is 2.93. The fraction of sp³-hybridized carbons (Fsp3) is 0.550. The lowest BCUT2D eigenvalue weighted by molar-refractivity contribution is -0.146. The number of ether oxygens (including phenoxy) is 2. The summed E-state index contributed by atoms with van der Waals surface area (Å²) in [7, 11) is 0. The third kappa shape index (κ3) is 5.58. The Morgan fingerprint density at radius 1 is 1.24 bits per heavy atom. The van der Waals surface area contributed by atoms with Crippen molar-refractivity contribution in [2.45, 2.75) is 44.3 Å². The molecule has 2 aliphatic rings. The molecule has 1 fully saturated rings. The van der Waals surface area contributed by atoms with Crippen LogP contribution in [-0.4, -0.2) is 37.1 Å². The Hall–Kier alpha value is -1.85. The summed E-state index contributed by atoms with van der Waals surface area (Å²) in [6.45, 7) is 1.40. The van der Waals surface area contributed by atoms with Crippen LogP contribution in [-0.2, 0) is 14.3 Å². The van der Waals surface area contributed by atoms with E-state index < -0.39 is 6.29 Å². The van der Waals surface area contributed by atoms with Gasteiger partial charge in [0.1, 0.15) is 0 Å². The van der Waals surface area contributed by atoms with Crippen molar-refractivity contribution in [1.29, 1.82) is 0 Å². The molecular formula is C20H27NO4. The van der Waals surface area contributed by atoms with Crippen LogP contribution in [0.25, 0.3) is 0 Å². The highest BCUT2D eigenvalue weighted by Gasteiger charge is 2.29. The molecule has 0 unspecified atom stereocenters. The lowest BCUT2D eigenvalue weighted by Crippen LogP contribution is -2.34. The summed E-state index contributed by atoms with van der Waals surface area (Å²) in [6, 6.07) is 10.1. The average molecular weight is 345 g/mol. The molecule has 1 amide bonds. The molecule has 1 saturated carbocycles. The minimum absolute atomic E-state index is 0.0967. The predicted molar refractivity (Wildman–Crippen MR) is 94.8 cm³/mol. The number of rotatable bonds is 9. The summed E-state index contributed by atoms with van der Waals surface area (Å²) < 4.78 is 11.6. The summed E-state index contributed by atoms with van der Waals surface area (Å²) >= 11 is 0. The lowest BCUT2D eigenvalue weighted by Gasteiger charge is -2.29. The highest BCUT2D eigenvalue weighted by molar-refractivity contribution is 5.91. The van der Waals surface area contributed by atoms with Gasteiger partial charge in [0.2, 0.25) is 6.29 Å². The third-order valence-electron chi connectivity index (χ3n) is 4.61. The number of benzene rings is 1. The summed E-state index contributed by atoms with van der Waals surface area (Å²) in [5.41, 5.74) is 1.15. The second-order valence-electron chi connectivity index (χ2n) is 6.79. The topological polar surface area (TPSA) is 67.8 Å². The first-order valence-electron chi connectivity index (χ1n) is 9.20. The lowest BCUT2D eigenvalue weighted by atomic mass is 9.93. The van der Waals surface area contributed by atoms with Crippen molar-refractivity contribution in [2.75, 3.05) is 19.8 Å². The zero-order chi connectivity index (χ0) is 17.5. The molecule has 136 valence electrons. The monoisotopic (exact) mass is 345 g/mol. The van der Waals surface area contributed by atoms with E-state index in [1.807, 2.05) is 24.3 Å². The van der Waals surface area contributed by atoms with Crippen molar-refractivity contribution in [3.8, 4) is 0 Å². The first-order chi connectivity index (χ1) is 12.3. The Morgan fingerprint density at radius 2 is 2.04 bits per heavy atom. The maximum absolute atomic E-state index is 12.4. The number of carbonyl (C=O) groups excluding carboxylic acids is 1. The van der Waals surface area contributed by atoms with E-state index in [9.17, 15) is 4.79 Å². The van der Waals surface area contributed by atoms with Gasteiger partial charge in [-0.1, -0.05) is 30.3 Å². The van der Waals surface area contributed by atoms with Gasteiger partial charge in [0.25, 0.3) is 5.91 Å². The molecule has 0 spiro atoms. The summed E-state index contributed by atoms with van der Waals surface area (Å²) in [5.74, 6) is 0.924. The van der Waals surface area contributed by atoms with Gasteiger partial charge in [-0.05, 0) is 43.2 Å². The average Bonchev–Trinajstić information content (AvgIpc) is 3.48. The Morgan fingerprint density at radius 3 is 2.76 bits per heavy atom. The van der Waals surface area contributed by atoms with Crippen LogP contribution in [0.2, 0.25) is 0 Å². The van der Waals surface area contributed by atoms with Gasteiger partial charge in [0.15, 0.2) is 5.76 Å². The minimum Gasteiger partial charge on any atom is -0.459 e. The van der Waals surface area contributed by atoms with Crippen LogP contribution >= 0.6 is 0 Å². The number of hydrogen-bond donors (Lipinski definition) is 2. The number of amides is 1. The minimum atomic E-state index is -0.435. The first kappa shape index (κ1) is 18.0. The standard InChI is InChI=1S/C20H27NO4/c22-10-4-5-11-24-19-13-17(16-6-2-1-3-7-16)12-18(25-19)20(23)21-14-15-8-9-15/h1-3,6-7,12,15,17,19,22H,4-5,8-11,13-14H2,(H,21,23)/t17-,19+/m0/s1. The van der Waals surface area contributed by atoms with Gasteiger partial charge in [-0.3, -0.25) is 4.79 Å². The van der Waals surface area contributed by atoms with Gasteiger partial charge >= 0.3 is 0 Å². The molecule has 1 aliphatic heterocycles. The third-order valence-corrected chi connectivity index (χ3v) is 4.61. The molecule has 1 aliphatic carbocycles. The highest BCUT2D eigenvalue weighted by Crippen LogP contribution is 2.32. The van der Waals surface area contributed by atoms with E-state index in [2.05, 4.69) is 17.4 Å². The van der Waals surface area contributed by atoms with Crippen molar-refractivity contribution in [1.82, 2.24) is 5.32 Å². The van der Waals surface area contributed by atoms with Gasteiger partial charge < -0.3 is 19.9 Å². The van der Waals surface area contributed by atoms with Gasteiger partial charge in [-0.15, -0.1) is 0 Å². The van der Waals surface area contributed by atoms with Gasteiger partial charge in [-0.25, -0.2) is 0 Å². The number of nitrogens with one attached hydrogen (secondary N) is 1. The number of aliphatic hydroxyl groups excluding tert-OH is 1. The number of aliphatic hydroxyl groups is 1. The van der Waals surface area contributed by atoms with Gasteiger partial charge in [0, 0.05) is 25.5 Å². The number of hydrogen-bond acceptors (Lipinski definition) is 4. The molecule has 1 aromatic rings. The SMILES string of the molecule is O=C(NCC1CC1)C1=C[C@H](c2ccccc2)C[C@H](OCCCCO)O1. The Kier molecular flexibility index (Phi) is 6.48. The quantitative estimate of drug-likeness (QED) is 0.675. The molecule has 0 saturated heterocycles. The molecule has 0 aromatic heterocycles. The van der Waals surface area contributed by atoms with Crippen molar-refractivity contribution in [3.63, 3.8) is 0 Å². The molecule has 1 aromatic carbocycles. The van der Waals surface area contributed by atoms with E-state index in [0.717, 1.165) is 18.5 Å². The van der Waals surface area contributed by atoms with E-state index in [4.69, 9.17) is 14.6 Å². The molecule has 2 N–H and O–H groups in total.